The van der Waals surface area contributed by atoms with E-state index in [1.54, 1.807) is 19.0 Å². The molecule has 2 aliphatic heterocycles. The summed E-state index contributed by atoms with van der Waals surface area (Å²) in [6.45, 7) is 1.90. The van der Waals surface area contributed by atoms with Crippen molar-refractivity contribution in [3.63, 3.8) is 0 Å². The molecule has 0 aromatic carbocycles. The van der Waals surface area contributed by atoms with Gasteiger partial charge in [-0.3, -0.25) is 9.59 Å². The summed E-state index contributed by atoms with van der Waals surface area (Å²) in [5.74, 6) is 1.61. The number of hydrogen-bond acceptors (Lipinski definition) is 4. The van der Waals surface area contributed by atoms with E-state index in [2.05, 4.69) is 0 Å². The summed E-state index contributed by atoms with van der Waals surface area (Å²) in [5, 5.41) is 0. The number of nitrogens with zero attached hydrogens (tertiary/aromatic N) is 2. The smallest absolute Gasteiger partial charge is 0.248 e. The first-order chi connectivity index (χ1) is 9.99. The van der Waals surface area contributed by atoms with Crippen LogP contribution in [0.2, 0.25) is 0 Å². The van der Waals surface area contributed by atoms with Gasteiger partial charge in [-0.1, -0.05) is 6.42 Å². The van der Waals surface area contributed by atoms with Gasteiger partial charge in [-0.25, -0.2) is 0 Å². The van der Waals surface area contributed by atoms with Crippen molar-refractivity contribution < 1.29 is 14.3 Å². The lowest BCUT2D eigenvalue weighted by Gasteiger charge is -2.49. The highest BCUT2D eigenvalue weighted by Gasteiger charge is 2.52. The highest BCUT2D eigenvalue weighted by atomic mass is 32.2. The largest absolute Gasteiger partial charge is 0.367 e. The van der Waals surface area contributed by atoms with E-state index in [4.69, 9.17) is 4.74 Å². The normalized spacial score (nSPS) is 27.3. The first-order valence-corrected chi connectivity index (χ1v) is 8.72. The van der Waals surface area contributed by atoms with E-state index in [0.29, 0.717) is 11.8 Å². The van der Waals surface area contributed by atoms with Crippen molar-refractivity contribution in [3.8, 4) is 0 Å². The minimum absolute atomic E-state index is 0.0105. The lowest BCUT2D eigenvalue weighted by atomic mass is 9.82. The van der Waals surface area contributed by atoms with Crippen LogP contribution >= 0.6 is 11.8 Å². The Balaban J connectivity index is 1.41. The molecule has 2 saturated heterocycles. The molecular weight excluding hydrogens is 288 g/mol. The molecule has 6 heteroatoms. The van der Waals surface area contributed by atoms with Crippen LogP contribution < -0.4 is 0 Å². The van der Waals surface area contributed by atoms with Crippen molar-refractivity contribution in [1.82, 2.24) is 9.80 Å². The predicted octanol–water partition coefficient (Wildman–Crippen LogP) is 0.978. The molecule has 0 radical (unpaired) electrons. The Morgan fingerprint density at radius 1 is 1.33 bits per heavy atom. The van der Waals surface area contributed by atoms with Gasteiger partial charge in [0, 0.05) is 38.9 Å². The van der Waals surface area contributed by atoms with Crippen molar-refractivity contribution in [2.24, 2.45) is 5.92 Å². The van der Waals surface area contributed by atoms with Crippen LogP contribution in [-0.4, -0.2) is 72.0 Å². The molecule has 1 spiro atoms. The zero-order chi connectivity index (χ0) is 15.0. The monoisotopic (exact) mass is 312 g/mol. The van der Waals surface area contributed by atoms with Crippen molar-refractivity contribution in [2.75, 3.05) is 39.5 Å². The van der Waals surface area contributed by atoms with Gasteiger partial charge in [0.15, 0.2) is 0 Å². The Morgan fingerprint density at radius 3 is 2.62 bits per heavy atom. The van der Waals surface area contributed by atoms with Crippen LogP contribution in [-0.2, 0) is 14.3 Å². The standard InChI is InChI=1S/C15H24N2O3S/c1-16(2)13(18)7-20-12-6-15(21-8-12)9-17(10-15)14(19)11-4-3-5-11/h11-12H,3-10H2,1-2H3. The van der Waals surface area contributed by atoms with E-state index in [1.165, 1.54) is 6.42 Å². The number of rotatable bonds is 4. The second-order valence-corrected chi connectivity index (χ2v) is 8.23. The summed E-state index contributed by atoms with van der Waals surface area (Å²) in [6, 6.07) is 0. The lowest BCUT2D eigenvalue weighted by molar-refractivity contribution is -0.144. The molecule has 0 aromatic rings. The minimum Gasteiger partial charge on any atom is -0.367 e. The molecule has 0 aromatic heterocycles. The lowest BCUT2D eigenvalue weighted by Crippen LogP contribution is -2.62. The molecule has 0 bridgehead atoms. The van der Waals surface area contributed by atoms with Crippen LogP contribution in [0, 0.1) is 5.92 Å². The van der Waals surface area contributed by atoms with Crippen molar-refractivity contribution in [3.05, 3.63) is 0 Å². The van der Waals surface area contributed by atoms with Gasteiger partial charge in [0.05, 0.1) is 10.9 Å². The van der Waals surface area contributed by atoms with Crippen LogP contribution in [0.3, 0.4) is 0 Å². The number of likely N-dealkylation sites (N-methyl/N-ethyl adjacent to an activating group) is 1. The maximum absolute atomic E-state index is 12.2. The predicted molar refractivity (Wildman–Crippen MR) is 82.2 cm³/mol. The van der Waals surface area contributed by atoms with Crippen LogP contribution in [0.15, 0.2) is 0 Å². The molecule has 3 fully saturated rings. The number of hydrogen-bond donors (Lipinski definition) is 0. The highest BCUT2D eigenvalue weighted by Crippen LogP contribution is 2.47. The third-order valence-electron chi connectivity index (χ3n) is 4.84. The van der Waals surface area contributed by atoms with Crippen LogP contribution in [0.4, 0.5) is 0 Å². The fourth-order valence-electron chi connectivity index (χ4n) is 3.17. The van der Waals surface area contributed by atoms with Crippen LogP contribution in [0.25, 0.3) is 0 Å². The summed E-state index contributed by atoms with van der Waals surface area (Å²) < 4.78 is 5.92. The molecule has 5 nitrogen and oxygen atoms in total. The van der Waals surface area contributed by atoms with Gasteiger partial charge < -0.3 is 14.5 Å². The van der Waals surface area contributed by atoms with Gasteiger partial charge in [0.2, 0.25) is 11.8 Å². The zero-order valence-corrected chi connectivity index (χ0v) is 13.7. The number of likely N-dealkylation sites (tertiary alicyclic amines) is 1. The first-order valence-electron chi connectivity index (χ1n) is 7.74. The second kappa shape index (κ2) is 5.80. The van der Waals surface area contributed by atoms with Crippen LogP contribution in [0.5, 0.6) is 0 Å². The number of ether oxygens (including phenoxy) is 1. The third-order valence-corrected chi connectivity index (χ3v) is 6.42. The summed E-state index contributed by atoms with van der Waals surface area (Å²) >= 11 is 1.91. The quantitative estimate of drug-likeness (QED) is 0.776. The molecular formula is C15H24N2O3S. The molecule has 0 N–H and O–H groups in total. The van der Waals surface area contributed by atoms with Crippen molar-refractivity contribution >= 4 is 23.6 Å². The van der Waals surface area contributed by atoms with Gasteiger partial charge in [0.1, 0.15) is 6.61 Å². The molecule has 21 heavy (non-hydrogen) atoms. The van der Waals surface area contributed by atoms with Crippen molar-refractivity contribution in [2.45, 2.75) is 36.5 Å². The van der Waals surface area contributed by atoms with E-state index in [-0.39, 0.29) is 23.4 Å². The topological polar surface area (TPSA) is 49.9 Å². The highest BCUT2D eigenvalue weighted by molar-refractivity contribution is 8.01. The van der Waals surface area contributed by atoms with E-state index in [1.807, 2.05) is 16.7 Å². The molecule has 2 heterocycles. The van der Waals surface area contributed by atoms with Crippen molar-refractivity contribution in [1.29, 1.82) is 0 Å². The van der Waals surface area contributed by atoms with E-state index >= 15 is 0 Å². The van der Waals surface area contributed by atoms with E-state index < -0.39 is 0 Å². The molecule has 118 valence electrons. The van der Waals surface area contributed by atoms with Crippen LogP contribution in [0.1, 0.15) is 25.7 Å². The number of carbonyl (C=O) groups excluding carboxylic acids is 2. The number of thioether (sulfide) groups is 1. The summed E-state index contributed by atoms with van der Waals surface area (Å²) in [6.07, 6.45) is 4.48. The van der Waals surface area contributed by atoms with Gasteiger partial charge >= 0.3 is 0 Å². The van der Waals surface area contributed by atoms with Gasteiger partial charge in [-0.05, 0) is 19.3 Å². The molecule has 3 aliphatic rings. The van der Waals surface area contributed by atoms with E-state index in [9.17, 15) is 9.59 Å². The minimum atomic E-state index is 0.0105. The van der Waals surface area contributed by atoms with Gasteiger partial charge in [-0.15, -0.1) is 11.8 Å². The Hall–Kier alpha value is -0.750. The molecule has 2 amide bonds. The van der Waals surface area contributed by atoms with Gasteiger partial charge in [0.25, 0.3) is 0 Å². The SMILES string of the molecule is CN(C)C(=O)COC1CSC2(C1)CN(C(=O)C1CCC1)C2. The molecule has 1 unspecified atom stereocenters. The average molecular weight is 312 g/mol. The Kier molecular flexibility index (Phi) is 4.19. The first kappa shape index (κ1) is 15.2. The Bertz CT molecular complexity index is 431. The molecule has 3 rings (SSSR count). The molecule has 1 atom stereocenters. The summed E-state index contributed by atoms with van der Waals surface area (Å²) in [4.78, 5) is 27.3. The maximum Gasteiger partial charge on any atom is 0.248 e. The zero-order valence-electron chi connectivity index (χ0n) is 12.8. The van der Waals surface area contributed by atoms with E-state index in [0.717, 1.165) is 38.1 Å². The Labute approximate surface area is 130 Å². The Morgan fingerprint density at radius 2 is 2.05 bits per heavy atom. The summed E-state index contributed by atoms with van der Waals surface area (Å²) in [7, 11) is 3.49. The molecule has 1 saturated carbocycles. The number of carbonyl (C=O) groups is 2. The number of amides is 2. The third kappa shape index (κ3) is 3.06. The second-order valence-electron chi connectivity index (χ2n) is 6.74. The summed E-state index contributed by atoms with van der Waals surface area (Å²) in [5.41, 5.74) is 0. The maximum atomic E-state index is 12.2. The average Bonchev–Trinajstić information content (AvgIpc) is 2.76. The fourth-order valence-corrected chi connectivity index (χ4v) is 4.72. The van der Waals surface area contributed by atoms with Gasteiger partial charge in [-0.2, -0.15) is 0 Å². The molecule has 1 aliphatic carbocycles. The fraction of sp³-hybridized carbons (Fsp3) is 0.867.